The molecule has 0 fully saturated rings. The van der Waals surface area contributed by atoms with Gasteiger partial charge in [0.15, 0.2) is 23.1 Å². The minimum absolute atomic E-state index is 0.0597. The van der Waals surface area contributed by atoms with E-state index in [0.29, 0.717) is 65.9 Å². The van der Waals surface area contributed by atoms with Crippen LogP contribution in [0.5, 0.6) is 11.5 Å². The molecule has 0 aliphatic carbocycles. The van der Waals surface area contributed by atoms with Gasteiger partial charge in [0.05, 0.1) is 42.9 Å². The highest BCUT2D eigenvalue weighted by Crippen LogP contribution is 2.44. The molecule has 33 heavy (non-hydrogen) atoms. The number of amides is 1. The van der Waals surface area contributed by atoms with E-state index in [0.717, 1.165) is 5.69 Å². The van der Waals surface area contributed by atoms with Crippen molar-refractivity contribution in [2.24, 2.45) is 0 Å². The zero-order valence-corrected chi connectivity index (χ0v) is 18.3. The zero-order chi connectivity index (χ0) is 22.9. The molecular formula is C23H24FN5O4. The first-order valence-corrected chi connectivity index (χ1v) is 10.6. The molecule has 0 bridgehead atoms. The molecule has 3 aromatic rings. The van der Waals surface area contributed by atoms with E-state index in [9.17, 15) is 9.18 Å². The summed E-state index contributed by atoms with van der Waals surface area (Å²) in [5, 5.41) is 9.39. The number of H-pyrrole nitrogens is 1. The minimum atomic E-state index is -0.505. The number of methoxy groups -OCH3 is 2. The first kappa shape index (κ1) is 21.1. The number of hydrogen-bond acceptors (Lipinski definition) is 7. The summed E-state index contributed by atoms with van der Waals surface area (Å²) in [5.74, 6) is 0.500. The lowest BCUT2D eigenvalue weighted by atomic mass is 10.0. The molecule has 9 nitrogen and oxygen atoms in total. The maximum atomic E-state index is 14.4. The van der Waals surface area contributed by atoms with Crippen LogP contribution < -0.4 is 25.4 Å². The highest BCUT2D eigenvalue weighted by atomic mass is 19.1. The molecule has 172 valence electrons. The summed E-state index contributed by atoms with van der Waals surface area (Å²) < 4.78 is 31.1. The summed E-state index contributed by atoms with van der Waals surface area (Å²) in [6.07, 6.45) is 2.11. The predicted molar refractivity (Wildman–Crippen MR) is 121 cm³/mol. The number of rotatable bonds is 6. The minimum Gasteiger partial charge on any atom is -0.492 e. The van der Waals surface area contributed by atoms with E-state index in [1.807, 2.05) is 6.07 Å². The van der Waals surface area contributed by atoms with E-state index in [1.54, 1.807) is 25.4 Å². The molecule has 5 rings (SSSR count). The number of nitrogens with one attached hydrogen (secondary N) is 4. The number of carbonyl (C=O) groups is 1. The fourth-order valence-corrected chi connectivity index (χ4v) is 4.24. The average molecular weight is 453 g/mol. The highest BCUT2D eigenvalue weighted by molar-refractivity contribution is 6.07. The molecule has 1 amide bonds. The summed E-state index contributed by atoms with van der Waals surface area (Å²) in [6, 6.07) is 6.41. The molecular weight excluding hydrogens is 429 g/mol. The first-order valence-electron chi connectivity index (χ1n) is 10.6. The van der Waals surface area contributed by atoms with Gasteiger partial charge in [-0.05, 0) is 18.2 Å². The van der Waals surface area contributed by atoms with Crippen LogP contribution in [0.2, 0.25) is 0 Å². The van der Waals surface area contributed by atoms with Gasteiger partial charge in [0.25, 0.3) is 5.91 Å². The number of anilines is 3. The smallest absolute Gasteiger partial charge is 0.255 e. The first-order chi connectivity index (χ1) is 16.1. The fourth-order valence-electron chi connectivity index (χ4n) is 4.24. The Balaban J connectivity index is 1.66. The van der Waals surface area contributed by atoms with Gasteiger partial charge in [0.2, 0.25) is 0 Å². The van der Waals surface area contributed by atoms with Gasteiger partial charge in [-0.2, -0.15) is 0 Å². The predicted octanol–water partition coefficient (Wildman–Crippen LogP) is 3.07. The number of halogens is 1. The van der Waals surface area contributed by atoms with E-state index in [1.165, 1.54) is 13.2 Å². The van der Waals surface area contributed by atoms with Crippen molar-refractivity contribution in [1.29, 1.82) is 0 Å². The second-order valence-corrected chi connectivity index (χ2v) is 7.79. The van der Waals surface area contributed by atoms with Crippen LogP contribution >= 0.6 is 0 Å². The van der Waals surface area contributed by atoms with E-state index in [-0.39, 0.29) is 17.8 Å². The van der Waals surface area contributed by atoms with Crippen LogP contribution in [0, 0.1) is 5.82 Å². The molecule has 2 aliphatic rings. The molecule has 10 heteroatoms. The third kappa shape index (κ3) is 3.72. The van der Waals surface area contributed by atoms with Crippen LogP contribution in [0.3, 0.4) is 0 Å². The maximum Gasteiger partial charge on any atom is 0.255 e. The normalized spacial score (nSPS) is 16.7. The van der Waals surface area contributed by atoms with Crippen molar-refractivity contribution in [2.75, 3.05) is 44.5 Å². The summed E-state index contributed by atoms with van der Waals surface area (Å²) in [6.45, 7) is 1.50. The van der Waals surface area contributed by atoms with E-state index >= 15 is 0 Å². The van der Waals surface area contributed by atoms with Crippen LogP contribution in [-0.4, -0.2) is 55.9 Å². The van der Waals surface area contributed by atoms with Crippen LogP contribution in [-0.2, 0) is 11.2 Å². The molecule has 2 aromatic heterocycles. The number of fused-ring (bicyclic) bond motifs is 2. The second kappa shape index (κ2) is 8.62. The van der Waals surface area contributed by atoms with Crippen molar-refractivity contribution in [1.82, 2.24) is 15.3 Å². The lowest BCUT2D eigenvalue weighted by Gasteiger charge is -2.27. The van der Waals surface area contributed by atoms with Crippen molar-refractivity contribution in [2.45, 2.75) is 12.5 Å². The van der Waals surface area contributed by atoms with Crippen LogP contribution in [0.4, 0.5) is 21.6 Å². The van der Waals surface area contributed by atoms with Crippen molar-refractivity contribution in [3.05, 3.63) is 47.5 Å². The van der Waals surface area contributed by atoms with Gasteiger partial charge < -0.3 is 35.1 Å². The Morgan fingerprint density at radius 1 is 1.27 bits per heavy atom. The van der Waals surface area contributed by atoms with Gasteiger partial charge in [-0.25, -0.2) is 9.37 Å². The molecule has 0 unspecified atom stereocenters. The quantitative estimate of drug-likeness (QED) is 0.454. The molecule has 0 saturated carbocycles. The van der Waals surface area contributed by atoms with E-state index < -0.39 is 5.82 Å². The van der Waals surface area contributed by atoms with Gasteiger partial charge in [0.1, 0.15) is 6.10 Å². The molecule has 0 spiro atoms. The number of pyridine rings is 1. The number of hydrogen-bond donors (Lipinski definition) is 4. The number of benzene rings is 1. The van der Waals surface area contributed by atoms with Gasteiger partial charge in [-0.15, -0.1) is 0 Å². The van der Waals surface area contributed by atoms with Gasteiger partial charge in [-0.1, -0.05) is 6.07 Å². The standard InChI is InChI=1S/C23H24FN5O4/c1-31-11-12-10-27-22-20(33-12)13(6-8-25-22)18-19(17-15(28-18)7-9-26-23(17)30)29-16-5-3-4-14(24)21(16)32-2/h3-6,8,12,28-29H,7,9-11H2,1-2H3,(H,25,27)(H,26,30)/t12-/m1/s1. The lowest BCUT2D eigenvalue weighted by molar-refractivity contribution is 0.0847. The molecule has 1 aromatic carbocycles. The van der Waals surface area contributed by atoms with Crippen molar-refractivity contribution >= 4 is 23.1 Å². The molecule has 1 atom stereocenters. The van der Waals surface area contributed by atoms with E-state index in [2.05, 4.69) is 25.9 Å². The van der Waals surface area contributed by atoms with Crippen molar-refractivity contribution < 1.29 is 23.4 Å². The number of aromatic amines is 1. The molecule has 4 heterocycles. The zero-order valence-electron chi connectivity index (χ0n) is 18.3. The topological polar surface area (TPSA) is 110 Å². The Kier molecular flexibility index (Phi) is 5.51. The second-order valence-electron chi connectivity index (χ2n) is 7.79. The Bertz CT molecular complexity index is 1210. The maximum absolute atomic E-state index is 14.4. The molecule has 0 saturated heterocycles. The SMILES string of the molecule is COC[C@H]1CNc2nccc(-c3[nH]c4c(c3Nc3cccc(F)c3OC)C(=O)NCC4)c2O1. The Labute approximate surface area is 189 Å². The van der Waals surface area contributed by atoms with Crippen LogP contribution in [0.25, 0.3) is 11.3 Å². The van der Waals surface area contributed by atoms with Crippen LogP contribution in [0.1, 0.15) is 16.1 Å². The van der Waals surface area contributed by atoms with Crippen molar-refractivity contribution in [3.8, 4) is 22.8 Å². The summed E-state index contributed by atoms with van der Waals surface area (Å²) in [7, 11) is 3.02. The lowest BCUT2D eigenvalue weighted by Crippen LogP contribution is -2.35. The van der Waals surface area contributed by atoms with Crippen molar-refractivity contribution in [3.63, 3.8) is 0 Å². The summed E-state index contributed by atoms with van der Waals surface area (Å²) in [4.78, 5) is 20.6. The Morgan fingerprint density at radius 3 is 2.97 bits per heavy atom. The summed E-state index contributed by atoms with van der Waals surface area (Å²) >= 11 is 0. The highest BCUT2D eigenvalue weighted by Gasteiger charge is 2.31. The number of aromatic nitrogens is 2. The van der Waals surface area contributed by atoms with Gasteiger partial charge >= 0.3 is 0 Å². The third-order valence-electron chi connectivity index (χ3n) is 5.70. The molecule has 2 aliphatic heterocycles. The number of ether oxygens (including phenoxy) is 3. The summed E-state index contributed by atoms with van der Waals surface area (Å²) in [5.41, 5.74) is 3.53. The fraction of sp³-hybridized carbons (Fsp3) is 0.304. The largest absolute Gasteiger partial charge is 0.492 e. The number of carbonyl (C=O) groups excluding carboxylic acids is 1. The average Bonchev–Trinajstić information content (AvgIpc) is 3.18. The van der Waals surface area contributed by atoms with Gasteiger partial charge in [0, 0.05) is 37.5 Å². The Hall–Kier alpha value is -3.79. The molecule has 4 N–H and O–H groups in total. The third-order valence-corrected chi connectivity index (χ3v) is 5.70. The van der Waals surface area contributed by atoms with Gasteiger partial charge in [-0.3, -0.25) is 4.79 Å². The monoisotopic (exact) mass is 453 g/mol. The number of nitrogens with zero attached hydrogens (tertiary/aromatic N) is 1. The number of para-hydroxylation sites is 1. The Morgan fingerprint density at radius 2 is 2.15 bits per heavy atom. The molecule has 0 radical (unpaired) electrons. The van der Waals surface area contributed by atoms with Crippen LogP contribution in [0.15, 0.2) is 30.5 Å². The van der Waals surface area contributed by atoms with E-state index in [4.69, 9.17) is 14.2 Å².